The smallest absolute Gasteiger partial charge is 0.350 e. The van der Waals surface area contributed by atoms with E-state index < -0.39 is 22.4 Å². The summed E-state index contributed by atoms with van der Waals surface area (Å²) in [6.45, 7) is 0. The summed E-state index contributed by atoms with van der Waals surface area (Å²) in [5.74, 6) is 0. The van der Waals surface area contributed by atoms with Gasteiger partial charge in [-0.2, -0.15) is 13.2 Å². The predicted molar refractivity (Wildman–Crippen MR) is 78.2 cm³/mol. The number of rotatable bonds is 3. The first-order chi connectivity index (χ1) is 11.3. The number of alkyl halides is 3. The van der Waals surface area contributed by atoms with Gasteiger partial charge in [-0.25, -0.2) is 4.63 Å². The van der Waals surface area contributed by atoms with E-state index in [0.717, 1.165) is 12.1 Å². The standard InChI is InChI=1S/C13H6ClF3N4O3/c14-8-5-9(12(21(22)23)11-10(8)19-24-20-11)18-7-3-1-2-6(4-7)13(15,16)17/h1-5,18H. The maximum atomic E-state index is 12.8. The summed E-state index contributed by atoms with van der Waals surface area (Å²) in [7, 11) is 0. The van der Waals surface area contributed by atoms with Crippen LogP contribution in [0.3, 0.4) is 0 Å². The Hall–Kier alpha value is -2.88. The second-order valence-corrected chi connectivity index (χ2v) is 5.08. The van der Waals surface area contributed by atoms with E-state index in [2.05, 4.69) is 20.3 Å². The van der Waals surface area contributed by atoms with Crippen LogP contribution in [0.2, 0.25) is 5.02 Å². The van der Waals surface area contributed by atoms with E-state index in [1.165, 1.54) is 18.2 Å². The Labute approximate surface area is 136 Å². The molecule has 0 amide bonds. The van der Waals surface area contributed by atoms with Gasteiger partial charge in [0.15, 0.2) is 5.52 Å². The molecule has 0 fully saturated rings. The number of nitrogens with zero attached hydrogens (tertiary/aromatic N) is 3. The predicted octanol–water partition coefficient (Wildman–Crippen LogP) is 4.55. The lowest BCUT2D eigenvalue weighted by molar-refractivity contribution is -0.382. The van der Waals surface area contributed by atoms with Gasteiger partial charge in [0, 0.05) is 5.69 Å². The van der Waals surface area contributed by atoms with Crippen LogP contribution in [0.15, 0.2) is 35.0 Å². The number of aromatic nitrogens is 2. The molecule has 1 heterocycles. The molecule has 3 rings (SSSR count). The monoisotopic (exact) mass is 358 g/mol. The molecule has 0 aliphatic carbocycles. The zero-order chi connectivity index (χ0) is 17.5. The van der Waals surface area contributed by atoms with Crippen molar-refractivity contribution in [2.75, 3.05) is 5.32 Å². The second-order valence-electron chi connectivity index (χ2n) is 4.68. The maximum absolute atomic E-state index is 12.8. The minimum absolute atomic E-state index is 0.000189. The molecule has 7 nitrogen and oxygen atoms in total. The van der Waals surface area contributed by atoms with E-state index in [1.54, 1.807) is 0 Å². The third kappa shape index (κ3) is 2.83. The normalized spacial score (nSPS) is 11.7. The van der Waals surface area contributed by atoms with E-state index in [1.807, 2.05) is 0 Å². The lowest BCUT2D eigenvalue weighted by atomic mass is 10.1. The average Bonchev–Trinajstić information content (AvgIpc) is 2.96. The number of nitrogens with one attached hydrogen (secondary N) is 1. The summed E-state index contributed by atoms with van der Waals surface area (Å²) >= 11 is 5.95. The van der Waals surface area contributed by atoms with Crippen molar-refractivity contribution in [2.45, 2.75) is 6.18 Å². The molecule has 24 heavy (non-hydrogen) atoms. The molecule has 0 unspecified atom stereocenters. The van der Waals surface area contributed by atoms with Crippen LogP contribution in [-0.4, -0.2) is 15.2 Å². The number of nitro benzene ring substituents is 1. The topological polar surface area (TPSA) is 94.1 Å². The third-order valence-corrected chi connectivity index (χ3v) is 3.40. The molecule has 0 radical (unpaired) electrons. The lowest BCUT2D eigenvalue weighted by Crippen LogP contribution is -2.05. The zero-order valence-corrected chi connectivity index (χ0v) is 12.2. The molecule has 0 spiro atoms. The second kappa shape index (κ2) is 5.64. The van der Waals surface area contributed by atoms with Gasteiger partial charge in [-0.15, -0.1) is 0 Å². The quantitative estimate of drug-likeness (QED) is 0.545. The van der Waals surface area contributed by atoms with Gasteiger partial charge in [0.1, 0.15) is 5.69 Å². The first-order valence-corrected chi connectivity index (χ1v) is 6.68. The highest BCUT2D eigenvalue weighted by Gasteiger charge is 2.31. The molecule has 0 saturated heterocycles. The molecule has 1 aromatic heterocycles. The average molecular weight is 359 g/mol. The molecule has 0 bridgehead atoms. The molecular weight excluding hydrogens is 353 g/mol. The molecule has 0 aliphatic rings. The van der Waals surface area contributed by atoms with Gasteiger partial charge >= 0.3 is 11.9 Å². The summed E-state index contributed by atoms with van der Waals surface area (Å²) in [5, 5.41) is 20.7. The molecule has 124 valence electrons. The minimum Gasteiger partial charge on any atom is -0.350 e. The molecule has 11 heteroatoms. The van der Waals surface area contributed by atoms with Crippen LogP contribution >= 0.6 is 11.6 Å². The SMILES string of the molecule is O=[N+]([O-])c1c(Nc2cccc(C(F)(F)F)c2)cc(Cl)c2nonc12. The van der Waals surface area contributed by atoms with Gasteiger partial charge in [-0.3, -0.25) is 10.1 Å². The van der Waals surface area contributed by atoms with Crippen LogP contribution < -0.4 is 5.32 Å². The highest BCUT2D eigenvalue weighted by molar-refractivity contribution is 6.35. The Balaban J connectivity index is 2.11. The third-order valence-electron chi connectivity index (χ3n) is 3.12. The van der Waals surface area contributed by atoms with Gasteiger partial charge in [-0.1, -0.05) is 17.7 Å². The largest absolute Gasteiger partial charge is 0.416 e. The van der Waals surface area contributed by atoms with Gasteiger partial charge in [-0.05, 0) is 34.6 Å². The molecule has 3 aromatic rings. The summed E-state index contributed by atoms with van der Waals surface area (Å²) in [4.78, 5) is 10.5. The molecule has 0 aliphatic heterocycles. The Morgan fingerprint density at radius 2 is 1.92 bits per heavy atom. The Kier molecular flexibility index (Phi) is 3.76. The van der Waals surface area contributed by atoms with E-state index in [4.69, 9.17) is 11.6 Å². The van der Waals surface area contributed by atoms with Crippen molar-refractivity contribution in [3.8, 4) is 0 Å². The van der Waals surface area contributed by atoms with E-state index in [9.17, 15) is 23.3 Å². The number of halogens is 4. The van der Waals surface area contributed by atoms with Crippen molar-refractivity contribution < 1.29 is 22.7 Å². The lowest BCUT2D eigenvalue weighted by Gasteiger charge is -2.11. The zero-order valence-electron chi connectivity index (χ0n) is 11.5. The molecular formula is C13H6ClF3N4O3. The molecule has 1 N–H and O–H groups in total. The maximum Gasteiger partial charge on any atom is 0.416 e. The Bertz CT molecular complexity index is 942. The van der Waals surface area contributed by atoms with Gasteiger partial charge in [0.2, 0.25) is 5.52 Å². The van der Waals surface area contributed by atoms with Crippen molar-refractivity contribution >= 4 is 39.7 Å². The Morgan fingerprint density at radius 3 is 2.58 bits per heavy atom. The van der Waals surface area contributed by atoms with Crippen LogP contribution in [0, 0.1) is 10.1 Å². The molecule has 2 aromatic carbocycles. The summed E-state index contributed by atoms with van der Waals surface area (Å²) in [5.41, 5.74) is -1.76. The summed E-state index contributed by atoms with van der Waals surface area (Å²) in [6, 6.07) is 5.39. The number of hydrogen-bond acceptors (Lipinski definition) is 6. The molecule has 0 saturated carbocycles. The van der Waals surface area contributed by atoms with Crippen LogP contribution in [0.1, 0.15) is 5.56 Å². The number of hydrogen-bond donors (Lipinski definition) is 1. The number of fused-ring (bicyclic) bond motifs is 1. The van der Waals surface area contributed by atoms with Crippen molar-refractivity contribution in [1.29, 1.82) is 0 Å². The van der Waals surface area contributed by atoms with E-state index in [0.29, 0.717) is 0 Å². The molecule has 0 atom stereocenters. The first kappa shape index (κ1) is 16.0. The number of anilines is 2. The van der Waals surface area contributed by atoms with Crippen LogP contribution in [0.4, 0.5) is 30.2 Å². The van der Waals surface area contributed by atoms with Crippen LogP contribution in [-0.2, 0) is 6.18 Å². The van der Waals surface area contributed by atoms with Crippen LogP contribution in [0.25, 0.3) is 11.0 Å². The first-order valence-electron chi connectivity index (χ1n) is 6.31. The van der Waals surface area contributed by atoms with E-state index >= 15 is 0 Å². The highest BCUT2D eigenvalue weighted by atomic mass is 35.5. The number of nitro groups is 1. The fourth-order valence-corrected chi connectivity index (χ4v) is 2.33. The van der Waals surface area contributed by atoms with Crippen molar-refractivity contribution in [1.82, 2.24) is 10.3 Å². The van der Waals surface area contributed by atoms with Crippen molar-refractivity contribution in [3.05, 3.63) is 51.0 Å². The van der Waals surface area contributed by atoms with Gasteiger partial charge in [0.05, 0.1) is 15.5 Å². The fourth-order valence-electron chi connectivity index (χ4n) is 2.10. The van der Waals surface area contributed by atoms with Gasteiger partial charge < -0.3 is 5.32 Å². The van der Waals surface area contributed by atoms with Crippen molar-refractivity contribution in [2.24, 2.45) is 0 Å². The van der Waals surface area contributed by atoms with Crippen molar-refractivity contribution in [3.63, 3.8) is 0 Å². The van der Waals surface area contributed by atoms with Crippen LogP contribution in [0.5, 0.6) is 0 Å². The fraction of sp³-hybridized carbons (Fsp3) is 0.0769. The summed E-state index contributed by atoms with van der Waals surface area (Å²) in [6.07, 6.45) is -4.54. The highest BCUT2D eigenvalue weighted by Crippen LogP contribution is 2.38. The number of benzene rings is 2. The summed E-state index contributed by atoms with van der Waals surface area (Å²) < 4.78 is 42.7. The van der Waals surface area contributed by atoms with E-state index in [-0.39, 0.29) is 27.4 Å². The minimum atomic E-state index is -4.54. The Morgan fingerprint density at radius 1 is 1.21 bits per heavy atom. The van der Waals surface area contributed by atoms with Gasteiger partial charge in [0.25, 0.3) is 0 Å².